The minimum atomic E-state index is -0.119. The van der Waals surface area contributed by atoms with Gasteiger partial charge in [0.25, 0.3) is 0 Å². The Morgan fingerprint density at radius 2 is 2.00 bits per heavy atom. The van der Waals surface area contributed by atoms with Crippen LogP contribution in [0.25, 0.3) is 11.5 Å². The smallest absolute Gasteiger partial charge is 0.307 e. The number of rotatable bonds is 8. The van der Waals surface area contributed by atoms with Crippen molar-refractivity contribution in [3.05, 3.63) is 35.7 Å². The van der Waals surface area contributed by atoms with Gasteiger partial charge in [-0.1, -0.05) is 6.42 Å². The number of nitrogens with zero attached hydrogens (tertiary/aromatic N) is 2. The van der Waals surface area contributed by atoms with Gasteiger partial charge in [-0.05, 0) is 64.4 Å². The van der Waals surface area contributed by atoms with Gasteiger partial charge < -0.3 is 13.9 Å². The second-order valence-corrected chi connectivity index (χ2v) is 7.11. The Labute approximate surface area is 166 Å². The molecule has 1 saturated heterocycles. The quantitative estimate of drug-likeness (QED) is 0.628. The molecule has 1 aromatic carbocycles. The van der Waals surface area contributed by atoms with E-state index >= 15 is 0 Å². The predicted molar refractivity (Wildman–Crippen MR) is 107 cm³/mol. The normalized spacial score (nSPS) is 17.5. The highest BCUT2D eigenvalue weighted by molar-refractivity contribution is 5.70. The highest BCUT2D eigenvalue weighted by Gasteiger charge is 2.27. The Hall–Kier alpha value is -2.34. The summed E-state index contributed by atoms with van der Waals surface area (Å²) in [6, 6.07) is 7.99. The second-order valence-electron chi connectivity index (χ2n) is 7.11. The van der Waals surface area contributed by atoms with Crippen LogP contribution < -0.4 is 4.74 Å². The number of aromatic nitrogens is 1. The largest absolute Gasteiger partial charge is 0.494 e. The van der Waals surface area contributed by atoms with E-state index in [1.54, 1.807) is 0 Å². The highest BCUT2D eigenvalue weighted by atomic mass is 16.5. The summed E-state index contributed by atoms with van der Waals surface area (Å²) in [5, 5.41) is 0. The van der Waals surface area contributed by atoms with Crippen molar-refractivity contribution < 1.29 is 18.7 Å². The van der Waals surface area contributed by atoms with Crippen molar-refractivity contribution in [2.24, 2.45) is 0 Å². The van der Waals surface area contributed by atoms with Gasteiger partial charge in [0, 0.05) is 18.2 Å². The van der Waals surface area contributed by atoms with E-state index in [9.17, 15) is 4.79 Å². The van der Waals surface area contributed by atoms with Crippen LogP contribution in [0.1, 0.15) is 51.0 Å². The van der Waals surface area contributed by atoms with Crippen LogP contribution in [0.3, 0.4) is 0 Å². The van der Waals surface area contributed by atoms with Gasteiger partial charge in [-0.15, -0.1) is 0 Å². The molecule has 2 heterocycles. The summed E-state index contributed by atoms with van der Waals surface area (Å²) in [5.41, 5.74) is 1.86. The first kappa shape index (κ1) is 20.4. The van der Waals surface area contributed by atoms with E-state index in [0.717, 1.165) is 48.6 Å². The van der Waals surface area contributed by atoms with E-state index in [1.807, 2.05) is 45.0 Å². The number of benzene rings is 1. The molecule has 2 aromatic rings. The molecule has 0 unspecified atom stereocenters. The Balaban J connectivity index is 1.70. The summed E-state index contributed by atoms with van der Waals surface area (Å²) in [7, 11) is 0. The van der Waals surface area contributed by atoms with Crippen LogP contribution in [0.2, 0.25) is 0 Å². The minimum Gasteiger partial charge on any atom is -0.494 e. The van der Waals surface area contributed by atoms with E-state index in [0.29, 0.717) is 32.1 Å². The lowest BCUT2D eigenvalue weighted by atomic mass is 9.99. The van der Waals surface area contributed by atoms with Gasteiger partial charge in [-0.2, -0.15) is 0 Å². The third kappa shape index (κ3) is 5.13. The fourth-order valence-electron chi connectivity index (χ4n) is 3.66. The molecule has 1 fully saturated rings. The molecule has 1 aliphatic rings. The number of carbonyl (C=O) groups is 1. The fourth-order valence-corrected chi connectivity index (χ4v) is 3.66. The lowest BCUT2D eigenvalue weighted by molar-refractivity contribution is -0.145. The Morgan fingerprint density at radius 1 is 1.21 bits per heavy atom. The third-order valence-electron chi connectivity index (χ3n) is 5.11. The number of piperidine rings is 1. The Kier molecular flexibility index (Phi) is 7.09. The standard InChI is InChI=1S/C22H30N2O4/c1-4-26-19-11-9-17(10-12-19)22-23-20(16(3)28-22)15-24-13-7-6-8-18(24)14-21(25)27-5-2/h9-12,18H,4-8,13-15H2,1-3H3/t18-/m1/s1. The molecule has 0 saturated carbocycles. The molecule has 0 radical (unpaired) electrons. The van der Waals surface area contributed by atoms with Gasteiger partial charge in [-0.3, -0.25) is 9.69 Å². The summed E-state index contributed by atoms with van der Waals surface area (Å²) in [6.45, 7) is 8.49. The molecule has 28 heavy (non-hydrogen) atoms. The molecular formula is C22H30N2O4. The van der Waals surface area contributed by atoms with Gasteiger partial charge in [0.2, 0.25) is 5.89 Å². The molecule has 3 rings (SSSR count). The van der Waals surface area contributed by atoms with Gasteiger partial charge in [-0.25, -0.2) is 4.98 Å². The number of oxazole rings is 1. The molecule has 0 bridgehead atoms. The van der Waals surface area contributed by atoms with Gasteiger partial charge in [0.1, 0.15) is 11.5 Å². The minimum absolute atomic E-state index is 0.119. The predicted octanol–water partition coefficient (Wildman–Crippen LogP) is 4.36. The SMILES string of the molecule is CCOC(=O)C[C@H]1CCCCN1Cc1nc(-c2ccc(OCC)cc2)oc1C. The summed E-state index contributed by atoms with van der Waals surface area (Å²) in [4.78, 5) is 19.0. The van der Waals surface area contributed by atoms with Crippen molar-refractivity contribution in [2.75, 3.05) is 19.8 Å². The summed E-state index contributed by atoms with van der Waals surface area (Å²) in [5.74, 6) is 2.16. The van der Waals surface area contributed by atoms with Gasteiger partial charge in [0.15, 0.2) is 0 Å². The lowest BCUT2D eigenvalue weighted by Crippen LogP contribution is -2.40. The lowest BCUT2D eigenvalue weighted by Gasteiger charge is -2.34. The molecule has 1 aromatic heterocycles. The zero-order valence-corrected chi connectivity index (χ0v) is 17.1. The summed E-state index contributed by atoms with van der Waals surface area (Å²) >= 11 is 0. The maximum Gasteiger partial charge on any atom is 0.307 e. The van der Waals surface area contributed by atoms with Crippen LogP contribution in [-0.4, -0.2) is 41.7 Å². The average Bonchev–Trinajstić information content (AvgIpc) is 3.05. The third-order valence-corrected chi connectivity index (χ3v) is 5.11. The number of likely N-dealkylation sites (tertiary alicyclic amines) is 1. The van der Waals surface area contributed by atoms with Crippen LogP contribution in [0.5, 0.6) is 5.75 Å². The first-order valence-corrected chi connectivity index (χ1v) is 10.2. The Morgan fingerprint density at radius 3 is 2.71 bits per heavy atom. The van der Waals surface area contributed by atoms with E-state index in [4.69, 9.17) is 18.9 Å². The molecule has 0 N–H and O–H groups in total. The van der Waals surface area contributed by atoms with Gasteiger partial charge >= 0.3 is 5.97 Å². The monoisotopic (exact) mass is 386 g/mol. The number of ether oxygens (including phenoxy) is 2. The molecule has 152 valence electrons. The second kappa shape index (κ2) is 9.73. The van der Waals surface area contributed by atoms with E-state index in [1.165, 1.54) is 0 Å². The zero-order chi connectivity index (χ0) is 19.9. The maximum atomic E-state index is 11.9. The Bertz CT molecular complexity index is 769. The summed E-state index contributed by atoms with van der Waals surface area (Å²) in [6.07, 6.45) is 3.75. The topological polar surface area (TPSA) is 64.8 Å². The van der Waals surface area contributed by atoms with Crippen molar-refractivity contribution in [3.63, 3.8) is 0 Å². The van der Waals surface area contributed by atoms with Crippen molar-refractivity contribution in [2.45, 2.75) is 59.0 Å². The number of carbonyl (C=O) groups excluding carboxylic acids is 1. The molecule has 0 amide bonds. The van der Waals surface area contributed by atoms with Crippen LogP contribution >= 0.6 is 0 Å². The van der Waals surface area contributed by atoms with Crippen molar-refractivity contribution in [1.29, 1.82) is 0 Å². The van der Waals surface area contributed by atoms with Crippen molar-refractivity contribution in [1.82, 2.24) is 9.88 Å². The van der Waals surface area contributed by atoms with Crippen LogP contribution in [0.4, 0.5) is 0 Å². The first-order chi connectivity index (χ1) is 13.6. The molecule has 1 aliphatic heterocycles. The highest BCUT2D eigenvalue weighted by Crippen LogP contribution is 2.27. The van der Waals surface area contributed by atoms with Crippen LogP contribution in [0, 0.1) is 6.92 Å². The molecular weight excluding hydrogens is 356 g/mol. The maximum absolute atomic E-state index is 11.9. The van der Waals surface area contributed by atoms with E-state index < -0.39 is 0 Å². The number of esters is 1. The van der Waals surface area contributed by atoms with Crippen molar-refractivity contribution in [3.8, 4) is 17.2 Å². The molecule has 0 spiro atoms. The molecule has 6 nitrogen and oxygen atoms in total. The molecule has 1 atom stereocenters. The molecule has 6 heteroatoms. The van der Waals surface area contributed by atoms with Crippen molar-refractivity contribution >= 4 is 5.97 Å². The first-order valence-electron chi connectivity index (χ1n) is 10.2. The number of hydrogen-bond donors (Lipinski definition) is 0. The van der Waals surface area contributed by atoms with Gasteiger partial charge in [0.05, 0.1) is 25.3 Å². The average molecular weight is 386 g/mol. The van der Waals surface area contributed by atoms with Crippen LogP contribution in [-0.2, 0) is 16.1 Å². The van der Waals surface area contributed by atoms with E-state index in [-0.39, 0.29) is 12.0 Å². The van der Waals surface area contributed by atoms with E-state index in [2.05, 4.69) is 4.90 Å². The fraction of sp³-hybridized carbons (Fsp3) is 0.545. The number of aryl methyl sites for hydroxylation is 1. The molecule has 0 aliphatic carbocycles. The van der Waals surface area contributed by atoms with Crippen LogP contribution in [0.15, 0.2) is 28.7 Å². The zero-order valence-electron chi connectivity index (χ0n) is 17.1. The summed E-state index contributed by atoms with van der Waals surface area (Å²) < 4.78 is 16.6. The number of hydrogen-bond acceptors (Lipinski definition) is 6.